The summed E-state index contributed by atoms with van der Waals surface area (Å²) in [6.07, 6.45) is 5.31. The summed E-state index contributed by atoms with van der Waals surface area (Å²) in [4.78, 5) is 62.9. The lowest BCUT2D eigenvalue weighted by Crippen LogP contribution is -2.52. The molecule has 10 nitrogen and oxygen atoms in total. The predicted octanol–water partition coefficient (Wildman–Crippen LogP) is 1.93. The molecule has 1 heterocycles. The van der Waals surface area contributed by atoms with Gasteiger partial charge in [-0.1, -0.05) is 19.8 Å². The van der Waals surface area contributed by atoms with Gasteiger partial charge in [0.15, 0.2) is 6.61 Å². The lowest BCUT2D eigenvalue weighted by Gasteiger charge is -2.33. The minimum atomic E-state index is -0.970. The number of nitrogens with one attached hydrogen (secondary N) is 3. The molecule has 0 unspecified atom stereocenters. The third-order valence-corrected chi connectivity index (χ3v) is 6.87. The van der Waals surface area contributed by atoms with Crippen LogP contribution in [0.2, 0.25) is 0 Å². The molecule has 3 aliphatic rings. The highest BCUT2D eigenvalue weighted by atomic mass is 16.5. The molecular weight excluding hydrogens is 428 g/mol. The fourth-order valence-electron chi connectivity index (χ4n) is 5.03. The Labute approximate surface area is 194 Å². The van der Waals surface area contributed by atoms with Crippen LogP contribution in [-0.4, -0.2) is 52.4 Å². The Balaban J connectivity index is 1.55. The summed E-state index contributed by atoms with van der Waals surface area (Å²) < 4.78 is 5.25. The number of carbonyl (C=O) groups excluding carboxylic acids is 5. The highest BCUT2D eigenvalue weighted by molar-refractivity contribution is 6.08. The van der Waals surface area contributed by atoms with Gasteiger partial charge in [0.1, 0.15) is 5.54 Å². The lowest BCUT2D eigenvalue weighted by molar-refractivity contribution is -0.161. The molecule has 3 fully saturated rings. The van der Waals surface area contributed by atoms with E-state index in [-0.39, 0.29) is 12.3 Å². The van der Waals surface area contributed by atoms with Crippen molar-refractivity contribution < 1.29 is 28.7 Å². The van der Waals surface area contributed by atoms with Gasteiger partial charge in [-0.05, 0) is 65.2 Å². The normalized spacial score (nSPS) is 26.8. The SMILES string of the molecule is CC1CCC2(CC1)NC(=O)N(NC(=O)COC(=O)C1(CC(=O)NC(C)(C)C)CCCC1)C2=O. The van der Waals surface area contributed by atoms with Crippen molar-refractivity contribution >= 4 is 29.7 Å². The quantitative estimate of drug-likeness (QED) is 0.406. The van der Waals surface area contributed by atoms with E-state index in [9.17, 15) is 24.0 Å². The lowest BCUT2D eigenvalue weighted by atomic mass is 9.77. The molecule has 3 N–H and O–H groups in total. The Morgan fingerprint density at radius 1 is 1.06 bits per heavy atom. The molecular formula is C23H36N4O6. The van der Waals surface area contributed by atoms with Gasteiger partial charge in [-0.2, -0.15) is 5.01 Å². The fourth-order valence-corrected chi connectivity index (χ4v) is 5.03. The molecule has 1 saturated heterocycles. The van der Waals surface area contributed by atoms with Gasteiger partial charge in [0.25, 0.3) is 11.8 Å². The van der Waals surface area contributed by atoms with Crippen LogP contribution in [0.1, 0.15) is 85.5 Å². The van der Waals surface area contributed by atoms with Gasteiger partial charge in [-0.15, -0.1) is 0 Å². The summed E-state index contributed by atoms with van der Waals surface area (Å²) in [7, 11) is 0. The summed E-state index contributed by atoms with van der Waals surface area (Å²) in [5, 5.41) is 6.27. The van der Waals surface area contributed by atoms with Crippen LogP contribution in [0.15, 0.2) is 0 Å². The summed E-state index contributed by atoms with van der Waals surface area (Å²) >= 11 is 0. The van der Waals surface area contributed by atoms with Crippen molar-refractivity contribution in [2.24, 2.45) is 11.3 Å². The third-order valence-electron chi connectivity index (χ3n) is 6.87. The number of urea groups is 1. The summed E-state index contributed by atoms with van der Waals surface area (Å²) in [6, 6.07) is -0.680. The van der Waals surface area contributed by atoms with Crippen molar-refractivity contribution in [3.05, 3.63) is 0 Å². The van der Waals surface area contributed by atoms with Crippen molar-refractivity contribution in [1.82, 2.24) is 21.1 Å². The third kappa shape index (κ3) is 5.65. The highest BCUT2D eigenvalue weighted by Crippen LogP contribution is 2.42. The van der Waals surface area contributed by atoms with Crippen LogP contribution in [0.25, 0.3) is 0 Å². The minimum absolute atomic E-state index is 0.00131. The van der Waals surface area contributed by atoms with Gasteiger partial charge >= 0.3 is 12.0 Å². The Bertz CT molecular complexity index is 819. The monoisotopic (exact) mass is 464 g/mol. The first-order valence-corrected chi connectivity index (χ1v) is 11.8. The van der Waals surface area contributed by atoms with Crippen LogP contribution < -0.4 is 16.1 Å². The second-order valence-corrected chi connectivity index (χ2v) is 10.9. The fraction of sp³-hybridized carbons (Fsp3) is 0.783. The molecule has 2 aliphatic carbocycles. The van der Waals surface area contributed by atoms with Crippen molar-refractivity contribution in [1.29, 1.82) is 0 Å². The molecule has 1 aliphatic heterocycles. The molecule has 0 aromatic heterocycles. The van der Waals surface area contributed by atoms with Crippen LogP contribution in [0.5, 0.6) is 0 Å². The molecule has 0 bridgehead atoms. The van der Waals surface area contributed by atoms with E-state index in [0.717, 1.165) is 25.7 Å². The first-order valence-electron chi connectivity index (χ1n) is 11.8. The maximum absolute atomic E-state index is 12.9. The van der Waals surface area contributed by atoms with E-state index in [1.165, 1.54) is 0 Å². The maximum Gasteiger partial charge on any atom is 0.344 e. The number of carbonyl (C=O) groups is 5. The van der Waals surface area contributed by atoms with Crippen LogP contribution in [0.3, 0.4) is 0 Å². The summed E-state index contributed by atoms with van der Waals surface area (Å²) in [5.74, 6) is -1.62. The molecule has 1 spiro atoms. The molecule has 3 rings (SSSR count). The van der Waals surface area contributed by atoms with E-state index in [2.05, 4.69) is 23.0 Å². The molecule has 33 heavy (non-hydrogen) atoms. The topological polar surface area (TPSA) is 134 Å². The van der Waals surface area contributed by atoms with E-state index >= 15 is 0 Å². The van der Waals surface area contributed by atoms with Crippen molar-refractivity contribution in [2.75, 3.05) is 6.61 Å². The van der Waals surface area contributed by atoms with Gasteiger partial charge in [0.05, 0.1) is 5.41 Å². The Hall–Kier alpha value is -2.65. The number of nitrogens with zero attached hydrogens (tertiary/aromatic N) is 1. The molecule has 0 radical (unpaired) electrons. The zero-order chi connectivity index (χ0) is 24.4. The molecule has 2 saturated carbocycles. The standard InChI is InChI=1S/C23H36N4O6/c1-15-7-11-23(12-8-15)18(30)27(20(32)25-23)26-17(29)14-33-19(31)22(9-5-6-10-22)13-16(28)24-21(2,3)4/h15H,5-14H2,1-4H3,(H,24,28)(H,25,32)(H,26,29). The first kappa shape index (κ1) is 25.0. The Morgan fingerprint density at radius 3 is 2.24 bits per heavy atom. The van der Waals surface area contributed by atoms with E-state index < -0.39 is 46.9 Å². The van der Waals surface area contributed by atoms with Crippen LogP contribution in [0.4, 0.5) is 4.79 Å². The molecule has 5 amide bonds. The van der Waals surface area contributed by atoms with Gasteiger partial charge in [0.2, 0.25) is 5.91 Å². The van der Waals surface area contributed by atoms with E-state index in [0.29, 0.717) is 36.6 Å². The van der Waals surface area contributed by atoms with E-state index in [4.69, 9.17) is 4.74 Å². The number of imide groups is 1. The Morgan fingerprint density at radius 2 is 1.67 bits per heavy atom. The van der Waals surface area contributed by atoms with Gasteiger partial charge < -0.3 is 15.4 Å². The first-order chi connectivity index (χ1) is 15.4. The second kappa shape index (κ2) is 9.30. The van der Waals surface area contributed by atoms with Crippen LogP contribution >= 0.6 is 0 Å². The smallest absolute Gasteiger partial charge is 0.344 e. The van der Waals surface area contributed by atoms with Crippen LogP contribution in [0, 0.1) is 11.3 Å². The number of amides is 5. The van der Waals surface area contributed by atoms with Crippen LogP contribution in [-0.2, 0) is 23.9 Å². The van der Waals surface area contributed by atoms with Gasteiger partial charge in [-0.3, -0.25) is 24.6 Å². The Kier molecular flexibility index (Phi) is 7.04. The zero-order valence-electron chi connectivity index (χ0n) is 20.0. The number of hydrogen-bond acceptors (Lipinski definition) is 6. The minimum Gasteiger partial charge on any atom is -0.455 e. The maximum atomic E-state index is 12.9. The molecule has 0 aromatic rings. The molecule has 0 aromatic carbocycles. The van der Waals surface area contributed by atoms with E-state index in [1.807, 2.05) is 20.8 Å². The predicted molar refractivity (Wildman–Crippen MR) is 118 cm³/mol. The number of hydrazine groups is 1. The number of esters is 1. The molecule has 0 atom stereocenters. The summed E-state index contributed by atoms with van der Waals surface area (Å²) in [6.45, 7) is 7.06. The van der Waals surface area contributed by atoms with E-state index in [1.54, 1.807) is 0 Å². The molecule has 184 valence electrons. The zero-order valence-corrected chi connectivity index (χ0v) is 20.0. The van der Waals surface area contributed by atoms with Gasteiger partial charge in [-0.25, -0.2) is 4.79 Å². The van der Waals surface area contributed by atoms with Gasteiger partial charge in [0, 0.05) is 12.0 Å². The highest BCUT2D eigenvalue weighted by Gasteiger charge is 2.53. The average molecular weight is 465 g/mol. The molecule has 10 heteroatoms. The average Bonchev–Trinajstić information content (AvgIpc) is 3.27. The largest absolute Gasteiger partial charge is 0.455 e. The van der Waals surface area contributed by atoms with Crippen molar-refractivity contribution in [3.63, 3.8) is 0 Å². The number of ether oxygens (including phenoxy) is 1. The van der Waals surface area contributed by atoms with Crippen molar-refractivity contribution in [2.45, 2.75) is 96.6 Å². The van der Waals surface area contributed by atoms with Crippen molar-refractivity contribution in [3.8, 4) is 0 Å². The number of rotatable bonds is 6. The number of hydrogen-bond donors (Lipinski definition) is 3. The second-order valence-electron chi connectivity index (χ2n) is 10.9. The summed E-state index contributed by atoms with van der Waals surface area (Å²) in [5.41, 5.74) is -0.0810.